The summed E-state index contributed by atoms with van der Waals surface area (Å²) in [6.45, 7) is 6.15. The van der Waals surface area contributed by atoms with Crippen molar-refractivity contribution >= 4 is 17.5 Å². The van der Waals surface area contributed by atoms with Gasteiger partial charge in [-0.3, -0.25) is 4.79 Å². The number of benzene rings is 1. The molecule has 1 rings (SSSR count). The van der Waals surface area contributed by atoms with E-state index in [2.05, 4.69) is 0 Å². The van der Waals surface area contributed by atoms with E-state index in [4.69, 9.17) is 23.1 Å². The van der Waals surface area contributed by atoms with Crippen LogP contribution in [0.5, 0.6) is 0 Å². The monoisotopic (exact) mass is 240 g/mol. The molecule has 0 saturated carbocycles. The second-order valence-electron chi connectivity index (χ2n) is 4.87. The topological polar surface area (TPSA) is 69.1 Å². The van der Waals surface area contributed by atoms with Gasteiger partial charge in [0.15, 0.2) is 0 Å². The molecule has 0 aromatic heterocycles. The first-order chi connectivity index (χ1) is 7.23. The molecule has 0 radical (unpaired) electrons. The van der Waals surface area contributed by atoms with Crippen LogP contribution in [0.2, 0.25) is 5.02 Å². The van der Waals surface area contributed by atoms with Gasteiger partial charge in [0, 0.05) is 5.02 Å². The molecule has 88 valence electrons. The highest BCUT2D eigenvalue weighted by atomic mass is 35.5. The first-order valence-corrected chi connectivity index (χ1v) is 5.46. The summed E-state index contributed by atoms with van der Waals surface area (Å²) in [5.74, 6) is -0.540. The van der Waals surface area contributed by atoms with Gasteiger partial charge in [0.25, 0.3) is 0 Å². The Morgan fingerprint density at radius 1 is 1.38 bits per heavy atom. The van der Waals surface area contributed by atoms with Crippen LogP contribution in [0.3, 0.4) is 0 Å². The Balaban J connectivity index is 3.23. The van der Waals surface area contributed by atoms with Gasteiger partial charge in [-0.1, -0.05) is 44.5 Å². The van der Waals surface area contributed by atoms with Crippen LogP contribution in [0.1, 0.15) is 37.9 Å². The molecule has 0 heterocycles. The second-order valence-corrected chi connectivity index (χ2v) is 5.28. The standard InChI is InChI=1S/C12H17ClN2O/c1-12(2,3)8-6-7(4-5-9(8)13)10(14)11(15)16/h4-6,10H,14H2,1-3H3,(H2,15,16). The van der Waals surface area contributed by atoms with Gasteiger partial charge in [-0.25, -0.2) is 0 Å². The Hall–Kier alpha value is -1.06. The highest BCUT2D eigenvalue weighted by Gasteiger charge is 2.20. The maximum Gasteiger partial charge on any atom is 0.238 e. The average Bonchev–Trinajstić information content (AvgIpc) is 2.15. The normalized spacial score (nSPS) is 13.6. The summed E-state index contributed by atoms with van der Waals surface area (Å²) in [7, 11) is 0. The van der Waals surface area contributed by atoms with E-state index in [1.165, 1.54) is 0 Å². The van der Waals surface area contributed by atoms with Crippen LogP contribution in [0.15, 0.2) is 18.2 Å². The number of nitrogens with two attached hydrogens (primary N) is 2. The minimum absolute atomic E-state index is 0.0928. The Kier molecular flexibility index (Phi) is 3.61. The molecule has 1 aromatic carbocycles. The highest BCUT2D eigenvalue weighted by Crippen LogP contribution is 2.31. The molecule has 0 bridgehead atoms. The Labute approximate surface area is 101 Å². The minimum Gasteiger partial charge on any atom is -0.368 e. The third-order valence-corrected chi connectivity index (χ3v) is 2.79. The van der Waals surface area contributed by atoms with Gasteiger partial charge in [0.05, 0.1) is 0 Å². The first kappa shape index (κ1) is 13.0. The number of carbonyl (C=O) groups is 1. The van der Waals surface area contributed by atoms with Crippen LogP contribution < -0.4 is 11.5 Å². The first-order valence-electron chi connectivity index (χ1n) is 5.08. The van der Waals surface area contributed by atoms with Crippen molar-refractivity contribution < 1.29 is 4.79 Å². The Morgan fingerprint density at radius 2 is 1.94 bits per heavy atom. The Bertz CT molecular complexity index is 410. The molecule has 0 aliphatic carbocycles. The fourth-order valence-corrected chi connectivity index (χ4v) is 1.88. The van der Waals surface area contributed by atoms with Crippen molar-refractivity contribution in [3.05, 3.63) is 34.3 Å². The van der Waals surface area contributed by atoms with Crippen molar-refractivity contribution in [1.82, 2.24) is 0 Å². The lowest BCUT2D eigenvalue weighted by molar-refractivity contribution is -0.119. The summed E-state index contributed by atoms with van der Waals surface area (Å²) < 4.78 is 0. The van der Waals surface area contributed by atoms with Crippen molar-refractivity contribution in [2.24, 2.45) is 11.5 Å². The van der Waals surface area contributed by atoms with Gasteiger partial charge in [-0.05, 0) is 22.6 Å². The number of hydrogen-bond donors (Lipinski definition) is 2. The summed E-state index contributed by atoms with van der Waals surface area (Å²) in [5.41, 5.74) is 12.4. The fourth-order valence-electron chi connectivity index (χ4n) is 1.48. The fraction of sp³-hybridized carbons (Fsp3) is 0.417. The lowest BCUT2D eigenvalue weighted by atomic mass is 9.85. The molecule has 0 fully saturated rings. The zero-order valence-electron chi connectivity index (χ0n) is 9.75. The lowest BCUT2D eigenvalue weighted by Crippen LogP contribution is -2.28. The predicted molar refractivity (Wildman–Crippen MR) is 66.3 cm³/mol. The molecule has 0 aliphatic heterocycles. The van der Waals surface area contributed by atoms with Crippen LogP contribution in [0, 0.1) is 0 Å². The third kappa shape index (κ3) is 2.74. The maximum atomic E-state index is 11.0. The zero-order chi connectivity index (χ0) is 12.5. The van der Waals surface area contributed by atoms with E-state index in [-0.39, 0.29) is 5.41 Å². The van der Waals surface area contributed by atoms with Crippen LogP contribution in [-0.4, -0.2) is 5.91 Å². The molecule has 0 saturated heterocycles. The van der Waals surface area contributed by atoms with Crippen LogP contribution in [0.4, 0.5) is 0 Å². The van der Waals surface area contributed by atoms with E-state index in [0.717, 1.165) is 5.56 Å². The van der Waals surface area contributed by atoms with E-state index in [1.54, 1.807) is 12.1 Å². The van der Waals surface area contributed by atoms with Gasteiger partial charge >= 0.3 is 0 Å². The molecular formula is C12H17ClN2O. The zero-order valence-corrected chi connectivity index (χ0v) is 10.5. The second kappa shape index (κ2) is 4.44. The van der Waals surface area contributed by atoms with Gasteiger partial charge < -0.3 is 11.5 Å². The van der Waals surface area contributed by atoms with E-state index < -0.39 is 11.9 Å². The van der Waals surface area contributed by atoms with E-state index in [9.17, 15) is 4.79 Å². The van der Waals surface area contributed by atoms with E-state index >= 15 is 0 Å². The summed E-state index contributed by atoms with van der Waals surface area (Å²) in [6, 6.07) is 4.55. The number of primary amides is 1. The van der Waals surface area contributed by atoms with Crippen LogP contribution in [0.25, 0.3) is 0 Å². The molecule has 1 aromatic rings. The SMILES string of the molecule is CC(C)(C)c1cc(C(N)C(N)=O)ccc1Cl. The quantitative estimate of drug-likeness (QED) is 0.832. The van der Waals surface area contributed by atoms with Gasteiger partial charge in [0.1, 0.15) is 6.04 Å². The van der Waals surface area contributed by atoms with Crippen LogP contribution in [-0.2, 0) is 10.2 Å². The van der Waals surface area contributed by atoms with Crippen molar-refractivity contribution in [2.75, 3.05) is 0 Å². The summed E-state index contributed by atoms with van der Waals surface area (Å²) in [4.78, 5) is 11.0. The smallest absolute Gasteiger partial charge is 0.238 e. The van der Waals surface area contributed by atoms with Gasteiger partial charge in [0.2, 0.25) is 5.91 Å². The molecule has 1 atom stereocenters. The van der Waals surface area contributed by atoms with Gasteiger partial charge in [-0.15, -0.1) is 0 Å². The van der Waals surface area contributed by atoms with E-state index in [0.29, 0.717) is 10.6 Å². The minimum atomic E-state index is -0.779. The number of carbonyl (C=O) groups excluding carboxylic acids is 1. The number of hydrogen-bond acceptors (Lipinski definition) is 2. The third-order valence-electron chi connectivity index (χ3n) is 2.46. The maximum absolute atomic E-state index is 11.0. The predicted octanol–water partition coefficient (Wildman–Crippen LogP) is 2.12. The molecule has 1 unspecified atom stereocenters. The summed E-state index contributed by atoms with van der Waals surface area (Å²) in [5, 5.41) is 0.674. The molecule has 1 amide bonds. The number of amides is 1. The molecule has 3 nitrogen and oxygen atoms in total. The lowest BCUT2D eigenvalue weighted by Gasteiger charge is -2.22. The number of rotatable bonds is 2. The van der Waals surface area contributed by atoms with Crippen molar-refractivity contribution in [2.45, 2.75) is 32.2 Å². The van der Waals surface area contributed by atoms with Crippen molar-refractivity contribution in [1.29, 1.82) is 0 Å². The molecular weight excluding hydrogens is 224 g/mol. The average molecular weight is 241 g/mol. The van der Waals surface area contributed by atoms with Crippen LogP contribution >= 0.6 is 11.6 Å². The summed E-state index contributed by atoms with van der Waals surface area (Å²) in [6.07, 6.45) is 0. The largest absolute Gasteiger partial charge is 0.368 e. The van der Waals surface area contributed by atoms with Gasteiger partial charge in [-0.2, -0.15) is 0 Å². The van der Waals surface area contributed by atoms with Crippen molar-refractivity contribution in [3.63, 3.8) is 0 Å². The molecule has 4 heteroatoms. The van der Waals surface area contributed by atoms with E-state index in [1.807, 2.05) is 26.8 Å². The number of halogens is 1. The molecule has 0 spiro atoms. The Morgan fingerprint density at radius 3 is 2.38 bits per heavy atom. The molecule has 0 aliphatic rings. The summed E-state index contributed by atoms with van der Waals surface area (Å²) >= 11 is 6.11. The molecule has 16 heavy (non-hydrogen) atoms. The molecule has 4 N–H and O–H groups in total. The van der Waals surface area contributed by atoms with Crippen molar-refractivity contribution in [3.8, 4) is 0 Å². The highest BCUT2D eigenvalue weighted by molar-refractivity contribution is 6.31.